The van der Waals surface area contributed by atoms with Crippen LogP contribution in [0.2, 0.25) is 0 Å². The SMILES string of the molecule is CC(=O)c1cc(CN(CC(=O)O)CC(C)C)cs1. The van der Waals surface area contributed by atoms with Crippen LogP contribution >= 0.6 is 11.3 Å². The quantitative estimate of drug-likeness (QED) is 0.773. The van der Waals surface area contributed by atoms with Gasteiger partial charge in [0.2, 0.25) is 0 Å². The molecule has 100 valence electrons. The molecule has 0 radical (unpaired) electrons. The van der Waals surface area contributed by atoms with E-state index in [-0.39, 0.29) is 12.3 Å². The van der Waals surface area contributed by atoms with Gasteiger partial charge in [-0.25, -0.2) is 0 Å². The molecule has 0 aliphatic carbocycles. The number of ketones is 1. The number of nitrogens with zero attached hydrogens (tertiary/aromatic N) is 1. The zero-order valence-corrected chi connectivity index (χ0v) is 11.8. The van der Waals surface area contributed by atoms with Crippen molar-refractivity contribution in [2.24, 2.45) is 5.92 Å². The van der Waals surface area contributed by atoms with Gasteiger partial charge in [-0.3, -0.25) is 14.5 Å². The summed E-state index contributed by atoms with van der Waals surface area (Å²) in [6, 6.07) is 1.85. The Morgan fingerprint density at radius 1 is 1.44 bits per heavy atom. The van der Waals surface area contributed by atoms with Crippen LogP contribution in [0.1, 0.15) is 36.0 Å². The summed E-state index contributed by atoms with van der Waals surface area (Å²) in [6.45, 7) is 7.00. The van der Waals surface area contributed by atoms with Gasteiger partial charge in [0.25, 0.3) is 0 Å². The molecule has 4 nitrogen and oxygen atoms in total. The standard InChI is InChI=1S/C13H19NO3S/c1-9(2)5-14(7-13(16)17)6-11-4-12(10(3)15)18-8-11/h4,8-9H,5-7H2,1-3H3,(H,16,17). The zero-order chi connectivity index (χ0) is 13.7. The summed E-state index contributed by atoms with van der Waals surface area (Å²) in [6.07, 6.45) is 0. The zero-order valence-electron chi connectivity index (χ0n) is 11.0. The van der Waals surface area contributed by atoms with Crippen LogP contribution in [0.4, 0.5) is 0 Å². The molecule has 18 heavy (non-hydrogen) atoms. The van der Waals surface area contributed by atoms with Crippen molar-refractivity contribution in [3.8, 4) is 0 Å². The van der Waals surface area contributed by atoms with Crippen LogP contribution in [0.15, 0.2) is 11.4 Å². The van der Waals surface area contributed by atoms with Crippen LogP contribution in [0.25, 0.3) is 0 Å². The first-order valence-corrected chi connectivity index (χ1v) is 6.79. The van der Waals surface area contributed by atoms with Crippen molar-refractivity contribution in [1.82, 2.24) is 4.90 Å². The average Bonchev–Trinajstić information content (AvgIpc) is 2.63. The first-order valence-electron chi connectivity index (χ1n) is 5.91. The van der Waals surface area contributed by atoms with Gasteiger partial charge >= 0.3 is 5.97 Å². The number of carboxylic acids is 1. The predicted molar refractivity (Wildman–Crippen MR) is 72.1 cm³/mol. The molecular formula is C13H19NO3S. The Kier molecular flexibility index (Phi) is 5.50. The molecule has 0 amide bonds. The van der Waals surface area contributed by atoms with Crippen molar-refractivity contribution in [3.05, 3.63) is 21.9 Å². The van der Waals surface area contributed by atoms with E-state index in [1.807, 2.05) is 16.3 Å². The van der Waals surface area contributed by atoms with E-state index in [1.54, 1.807) is 6.92 Å². The first-order chi connectivity index (χ1) is 8.38. The molecule has 1 aromatic heterocycles. The van der Waals surface area contributed by atoms with E-state index in [0.29, 0.717) is 12.5 Å². The van der Waals surface area contributed by atoms with E-state index in [1.165, 1.54) is 11.3 Å². The van der Waals surface area contributed by atoms with Gasteiger partial charge in [0.1, 0.15) is 0 Å². The molecule has 0 fully saturated rings. The lowest BCUT2D eigenvalue weighted by atomic mass is 10.2. The Hall–Kier alpha value is -1.20. The highest BCUT2D eigenvalue weighted by Crippen LogP contribution is 2.17. The van der Waals surface area contributed by atoms with Crippen LogP contribution in [-0.2, 0) is 11.3 Å². The van der Waals surface area contributed by atoms with Crippen molar-refractivity contribution >= 4 is 23.1 Å². The van der Waals surface area contributed by atoms with E-state index in [9.17, 15) is 9.59 Å². The Labute approximate surface area is 111 Å². The summed E-state index contributed by atoms with van der Waals surface area (Å²) in [5.41, 5.74) is 1.01. The summed E-state index contributed by atoms with van der Waals surface area (Å²) < 4.78 is 0. The predicted octanol–water partition coefficient (Wildman–Crippen LogP) is 2.49. The fraction of sp³-hybridized carbons (Fsp3) is 0.538. The molecule has 1 heterocycles. The lowest BCUT2D eigenvalue weighted by Crippen LogP contribution is -2.32. The third kappa shape index (κ3) is 4.98. The molecule has 1 N–H and O–H groups in total. The molecule has 0 aromatic carbocycles. The molecule has 5 heteroatoms. The molecule has 0 aliphatic rings. The normalized spacial score (nSPS) is 11.2. The Morgan fingerprint density at radius 3 is 2.56 bits per heavy atom. The number of hydrogen-bond donors (Lipinski definition) is 1. The molecule has 1 rings (SSSR count). The van der Waals surface area contributed by atoms with Crippen molar-refractivity contribution < 1.29 is 14.7 Å². The van der Waals surface area contributed by atoms with E-state index in [2.05, 4.69) is 13.8 Å². The molecule has 0 atom stereocenters. The molecule has 0 saturated carbocycles. The Balaban J connectivity index is 2.68. The molecule has 1 aromatic rings. The second-order valence-corrected chi connectivity index (χ2v) is 5.74. The van der Waals surface area contributed by atoms with Gasteiger partial charge in [-0.05, 0) is 29.9 Å². The topological polar surface area (TPSA) is 57.6 Å². The highest BCUT2D eigenvalue weighted by atomic mass is 32.1. The smallest absolute Gasteiger partial charge is 0.317 e. The van der Waals surface area contributed by atoms with Gasteiger partial charge in [0, 0.05) is 13.1 Å². The van der Waals surface area contributed by atoms with E-state index < -0.39 is 5.97 Å². The van der Waals surface area contributed by atoms with Gasteiger partial charge in [-0.1, -0.05) is 13.8 Å². The highest BCUT2D eigenvalue weighted by Gasteiger charge is 2.13. The van der Waals surface area contributed by atoms with Gasteiger partial charge in [-0.2, -0.15) is 0 Å². The Morgan fingerprint density at radius 2 is 2.11 bits per heavy atom. The van der Waals surface area contributed by atoms with Crippen LogP contribution in [-0.4, -0.2) is 34.8 Å². The largest absolute Gasteiger partial charge is 0.480 e. The fourth-order valence-electron chi connectivity index (χ4n) is 1.79. The van der Waals surface area contributed by atoms with Gasteiger partial charge in [-0.15, -0.1) is 11.3 Å². The van der Waals surface area contributed by atoms with E-state index in [4.69, 9.17) is 5.11 Å². The molecule has 0 spiro atoms. The third-order valence-corrected chi connectivity index (χ3v) is 3.47. The van der Waals surface area contributed by atoms with Gasteiger partial charge in [0.05, 0.1) is 11.4 Å². The third-order valence-electron chi connectivity index (χ3n) is 2.39. The molecular weight excluding hydrogens is 250 g/mol. The fourth-order valence-corrected chi connectivity index (χ4v) is 2.60. The van der Waals surface area contributed by atoms with Gasteiger partial charge < -0.3 is 5.11 Å². The van der Waals surface area contributed by atoms with Crippen molar-refractivity contribution in [2.75, 3.05) is 13.1 Å². The van der Waals surface area contributed by atoms with E-state index >= 15 is 0 Å². The van der Waals surface area contributed by atoms with Crippen LogP contribution in [0.5, 0.6) is 0 Å². The lowest BCUT2D eigenvalue weighted by Gasteiger charge is -2.21. The minimum absolute atomic E-state index is 0.0312. The number of Topliss-reactive ketones (excluding diaryl/α,β-unsaturated/α-hetero) is 1. The number of carbonyl (C=O) groups is 2. The second-order valence-electron chi connectivity index (χ2n) is 4.83. The van der Waals surface area contributed by atoms with Crippen LogP contribution in [0.3, 0.4) is 0 Å². The second kappa shape index (κ2) is 6.66. The molecule has 0 unspecified atom stereocenters. The molecule has 0 aliphatic heterocycles. The number of thiophene rings is 1. The summed E-state index contributed by atoms with van der Waals surface area (Å²) in [7, 11) is 0. The highest BCUT2D eigenvalue weighted by molar-refractivity contribution is 7.12. The Bertz CT molecular complexity index is 426. The summed E-state index contributed by atoms with van der Waals surface area (Å²) in [4.78, 5) is 24.6. The monoisotopic (exact) mass is 269 g/mol. The maximum atomic E-state index is 11.2. The molecule has 0 bridgehead atoms. The van der Waals surface area contributed by atoms with Crippen LogP contribution < -0.4 is 0 Å². The van der Waals surface area contributed by atoms with Crippen molar-refractivity contribution in [2.45, 2.75) is 27.3 Å². The maximum Gasteiger partial charge on any atom is 0.317 e. The number of carbonyl (C=O) groups excluding carboxylic acids is 1. The molecule has 0 saturated heterocycles. The summed E-state index contributed by atoms with van der Waals surface area (Å²) in [5.74, 6) is -0.354. The maximum absolute atomic E-state index is 11.2. The van der Waals surface area contributed by atoms with Crippen molar-refractivity contribution in [1.29, 1.82) is 0 Å². The van der Waals surface area contributed by atoms with Gasteiger partial charge in [0.15, 0.2) is 5.78 Å². The van der Waals surface area contributed by atoms with Crippen molar-refractivity contribution in [3.63, 3.8) is 0 Å². The first kappa shape index (κ1) is 14.9. The number of aliphatic carboxylic acids is 1. The summed E-state index contributed by atoms with van der Waals surface area (Å²) >= 11 is 1.41. The van der Waals surface area contributed by atoms with E-state index in [0.717, 1.165) is 17.0 Å². The average molecular weight is 269 g/mol. The number of carboxylic acid groups (broad SMARTS) is 1. The minimum atomic E-state index is -0.822. The lowest BCUT2D eigenvalue weighted by molar-refractivity contribution is -0.138. The van der Waals surface area contributed by atoms with Crippen LogP contribution in [0, 0.1) is 5.92 Å². The number of rotatable bonds is 7. The minimum Gasteiger partial charge on any atom is -0.480 e. The summed E-state index contributed by atoms with van der Waals surface area (Å²) in [5, 5.41) is 10.8. The number of hydrogen-bond acceptors (Lipinski definition) is 4.